The Kier molecular flexibility index (Phi) is 6.75. The number of carbonyl (C=O) groups is 3. The van der Waals surface area contributed by atoms with E-state index in [2.05, 4.69) is 15.6 Å². The predicted octanol–water partition coefficient (Wildman–Crippen LogP) is 0.321. The van der Waals surface area contributed by atoms with Crippen LogP contribution in [-0.4, -0.2) is 60.6 Å². The van der Waals surface area contributed by atoms with E-state index in [1.54, 1.807) is 55.9 Å². The summed E-state index contributed by atoms with van der Waals surface area (Å²) in [6.45, 7) is 0.970. The van der Waals surface area contributed by atoms with E-state index in [-0.39, 0.29) is 19.0 Å². The number of hydrogen-bond acceptors (Lipinski definition) is 6. The van der Waals surface area contributed by atoms with Crippen molar-refractivity contribution in [3.8, 4) is 5.75 Å². The summed E-state index contributed by atoms with van der Waals surface area (Å²) in [6.07, 6.45) is 2.59. The van der Waals surface area contributed by atoms with Crippen molar-refractivity contribution >= 4 is 17.7 Å². The topological polar surface area (TPSA) is 110 Å². The van der Waals surface area contributed by atoms with Crippen LogP contribution < -0.4 is 15.4 Å². The lowest BCUT2D eigenvalue weighted by Gasteiger charge is -2.23. The molecule has 1 aromatic heterocycles. The van der Waals surface area contributed by atoms with Crippen LogP contribution in [0.5, 0.6) is 5.75 Å². The van der Waals surface area contributed by atoms with Crippen LogP contribution in [0.25, 0.3) is 0 Å². The van der Waals surface area contributed by atoms with Crippen LogP contribution in [0.4, 0.5) is 0 Å². The zero-order chi connectivity index (χ0) is 20.6. The lowest BCUT2D eigenvalue weighted by atomic mass is 10.2. The molecule has 1 aliphatic rings. The molecule has 0 spiro atoms. The van der Waals surface area contributed by atoms with Crippen molar-refractivity contribution in [3.05, 3.63) is 59.9 Å². The van der Waals surface area contributed by atoms with Crippen molar-refractivity contribution in [2.24, 2.45) is 0 Å². The Hall–Kier alpha value is -3.46. The second-order valence-electron chi connectivity index (χ2n) is 6.31. The Bertz CT molecular complexity index is 857. The van der Waals surface area contributed by atoms with Crippen molar-refractivity contribution in [2.45, 2.75) is 12.8 Å². The fourth-order valence-corrected chi connectivity index (χ4v) is 2.85. The van der Waals surface area contributed by atoms with Crippen LogP contribution >= 0.6 is 0 Å². The van der Waals surface area contributed by atoms with Gasteiger partial charge in [0.1, 0.15) is 12.0 Å². The van der Waals surface area contributed by atoms with Crippen LogP contribution in [0.1, 0.15) is 15.9 Å². The molecule has 0 aliphatic carbocycles. The second kappa shape index (κ2) is 9.65. The van der Waals surface area contributed by atoms with Gasteiger partial charge in [-0.2, -0.15) is 0 Å². The van der Waals surface area contributed by atoms with E-state index in [9.17, 15) is 14.4 Å². The molecule has 9 nitrogen and oxygen atoms in total. The standard InChI is InChI=1S/C20H22N4O5/c1-28-16-6-4-15(5-7-16)20(27)24-9-10-29-17(24)13-23-19(26)18(25)22-12-14-3-2-8-21-11-14/h2-8,11,17H,9-10,12-13H2,1H3,(H,22,25)(H,23,26)/t17-/m1/s1. The molecule has 2 N–H and O–H groups in total. The summed E-state index contributed by atoms with van der Waals surface area (Å²) in [4.78, 5) is 42.1. The minimum absolute atomic E-state index is 0.0149. The van der Waals surface area contributed by atoms with Gasteiger partial charge in [-0.15, -0.1) is 0 Å². The number of methoxy groups -OCH3 is 1. The highest BCUT2D eigenvalue weighted by Crippen LogP contribution is 2.17. The van der Waals surface area contributed by atoms with Crippen molar-refractivity contribution in [1.29, 1.82) is 0 Å². The number of carbonyl (C=O) groups excluding carboxylic acids is 3. The molecule has 1 aromatic carbocycles. The Labute approximate surface area is 168 Å². The minimum atomic E-state index is -0.791. The third-order valence-electron chi connectivity index (χ3n) is 4.41. The van der Waals surface area contributed by atoms with Gasteiger partial charge in [-0.05, 0) is 35.9 Å². The van der Waals surface area contributed by atoms with E-state index >= 15 is 0 Å². The first kappa shape index (κ1) is 20.3. The van der Waals surface area contributed by atoms with E-state index in [1.807, 2.05) is 0 Å². The number of ether oxygens (including phenoxy) is 2. The van der Waals surface area contributed by atoms with Gasteiger partial charge in [0.15, 0.2) is 0 Å². The first-order chi connectivity index (χ1) is 14.1. The SMILES string of the molecule is COc1ccc(C(=O)N2CCO[C@@H]2CNC(=O)C(=O)NCc2cccnc2)cc1. The molecule has 1 fully saturated rings. The van der Waals surface area contributed by atoms with Gasteiger partial charge in [-0.3, -0.25) is 19.4 Å². The van der Waals surface area contributed by atoms with Crippen LogP contribution in [0.3, 0.4) is 0 Å². The van der Waals surface area contributed by atoms with Crippen molar-refractivity contribution in [2.75, 3.05) is 26.8 Å². The number of amides is 3. The number of aromatic nitrogens is 1. The molecule has 0 unspecified atom stereocenters. The van der Waals surface area contributed by atoms with Crippen LogP contribution in [0, 0.1) is 0 Å². The first-order valence-electron chi connectivity index (χ1n) is 9.10. The van der Waals surface area contributed by atoms with E-state index < -0.39 is 18.0 Å². The normalized spacial score (nSPS) is 15.6. The molecular weight excluding hydrogens is 376 g/mol. The molecule has 0 radical (unpaired) electrons. The summed E-state index contributed by atoms with van der Waals surface area (Å²) >= 11 is 0. The molecule has 0 bridgehead atoms. The molecule has 2 heterocycles. The van der Waals surface area contributed by atoms with Gasteiger partial charge in [0.05, 0.1) is 20.3 Å². The molecule has 1 saturated heterocycles. The van der Waals surface area contributed by atoms with E-state index in [4.69, 9.17) is 9.47 Å². The van der Waals surface area contributed by atoms with Gasteiger partial charge < -0.3 is 25.0 Å². The number of benzene rings is 1. The summed E-state index contributed by atoms with van der Waals surface area (Å²) in [5, 5.41) is 5.03. The Morgan fingerprint density at radius 2 is 1.93 bits per heavy atom. The van der Waals surface area contributed by atoms with Gasteiger partial charge in [-0.1, -0.05) is 6.07 Å². The third kappa shape index (κ3) is 5.29. The molecule has 29 heavy (non-hydrogen) atoms. The average molecular weight is 398 g/mol. The predicted molar refractivity (Wildman–Crippen MR) is 103 cm³/mol. The van der Waals surface area contributed by atoms with Gasteiger partial charge in [0.25, 0.3) is 5.91 Å². The highest BCUT2D eigenvalue weighted by molar-refractivity contribution is 6.35. The molecule has 3 rings (SSSR count). The second-order valence-corrected chi connectivity index (χ2v) is 6.31. The van der Waals surface area contributed by atoms with Gasteiger partial charge >= 0.3 is 11.8 Å². The van der Waals surface area contributed by atoms with E-state index in [1.165, 1.54) is 4.90 Å². The van der Waals surface area contributed by atoms with Crippen molar-refractivity contribution in [1.82, 2.24) is 20.5 Å². The maximum absolute atomic E-state index is 12.7. The third-order valence-corrected chi connectivity index (χ3v) is 4.41. The smallest absolute Gasteiger partial charge is 0.309 e. The zero-order valence-electron chi connectivity index (χ0n) is 16.0. The molecule has 1 aliphatic heterocycles. The van der Waals surface area contributed by atoms with Gasteiger partial charge in [-0.25, -0.2) is 0 Å². The molecular formula is C20H22N4O5. The Morgan fingerprint density at radius 1 is 1.17 bits per heavy atom. The van der Waals surface area contributed by atoms with Crippen LogP contribution in [0.2, 0.25) is 0 Å². The number of nitrogens with one attached hydrogen (secondary N) is 2. The minimum Gasteiger partial charge on any atom is -0.497 e. The molecule has 3 amide bonds. The van der Waals surface area contributed by atoms with E-state index in [0.29, 0.717) is 24.5 Å². The zero-order valence-corrected chi connectivity index (χ0v) is 16.0. The van der Waals surface area contributed by atoms with E-state index in [0.717, 1.165) is 5.56 Å². The average Bonchev–Trinajstić information content (AvgIpc) is 3.24. The maximum Gasteiger partial charge on any atom is 0.309 e. The molecule has 1 atom stereocenters. The maximum atomic E-state index is 12.7. The molecule has 0 saturated carbocycles. The van der Waals surface area contributed by atoms with Crippen LogP contribution in [0.15, 0.2) is 48.8 Å². The van der Waals surface area contributed by atoms with Crippen LogP contribution in [-0.2, 0) is 20.9 Å². The number of rotatable bonds is 6. The van der Waals surface area contributed by atoms with Gasteiger partial charge in [0.2, 0.25) is 0 Å². The monoisotopic (exact) mass is 398 g/mol. The summed E-state index contributed by atoms with van der Waals surface area (Å²) in [5.41, 5.74) is 1.27. The lowest BCUT2D eigenvalue weighted by Crippen LogP contribution is -2.47. The molecule has 152 valence electrons. The lowest BCUT2D eigenvalue weighted by molar-refractivity contribution is -0.139. The largest absolute Gasteiger partial charge is 0.497 e. The molecule has 2 aromatic rings. The number of nitrogens with zero attached hydrogens (tertiary/aromatic N) is 2. The fraction of sp³-hybridized carbons (Fsp3) is 0.300. The summed E-state index contributed by atoms with van der Waals surface area (Å²) in [7, 11) is 1.55. The first-order valence-corrected chi connectivity index (χ1v) is 9.10. The van der Waals surface area contributed by atoms with Crippen molar-refractivity contribution in [3.63, 3.8) is 0 Å². The van der Waals surface area contributed by atoms with Crippen molar-refractivity contribution < 1.29 is 23.9 Å². The summed E-state index contributed by atoms with van der Waals surface area (Å²) in [5.74, 6) is -1.12. The fourth-order valence-electron chi connectivity index (χ4n) is 2.85. The number of pyridine rings is 1. The highest BCUT2D eigenvalue weighted by Gasteiger charge is 2.31. The molecule has 9 heteroatoms. The summed E-state index contributed by atoms with van der Waals surface area (Å²) in [6, 6.07) is 10.3. The summed E-state index contributed by atoms with van der Waals surface area (Å²) < 4.78 is 10.6. The Morgan fingerprint density at radius 3 is 2.62 bits per heavy atom. The number of hydrogen-bond donors (Lipinski definition) is 2. The Balaban J connectivity index is 1.50. The van der Waals surface area contributed by atoms with Gasteiger partial charge in [0, 0.05) is 31.0 Å². The highest BCUT2D eigenvalue weighted by atomic mass is 16.5. The quantitative estimate of drug-likeness (QED) is 0.679.